The van der Waals surface area contributed by atoms with Crippen LogP contribution in [-0.4, -0.2) is 29.9 Å². The molecule has 0 saturated carbocycles. The Morgan fingerprint density at radius 3 is 2.10 bits per heavy atom. The van der Waals surface area contributed by atoms with Crippen LogP contribution in [0, 0.1) is 0 Å². The van der Waals surface area contributed by atoms with Crippen LogP contribution in [0.2, 0.25) is 0 Å². The molecule has 3 aliphatic rings. The topological polar surface area (TPSA) is 93.2 Å². The minimum absolute atomic E-state index is 0.321. The molecule has 2 aromatic rings. The summed E-state index contributed by atoms with van der Waals surface area (Å²) in [7, 11) is 0. The number of esters is 1. The number of para-hydroxylation sites is 2. The van der Waals surface area contributed by atoms with Gasteiger partial charge in [0.1, 0.15) is 0 Å². The third kappa shape index (κ3) is 1.85. The lowest BCUT2D eigenvalue weighted by Gasteiger charge is -2.57. The molecule has 3 heterocycles. The standard InChI is InChI=1S/C22H18N2O6/c1-12(25)23-17-10-6-4-8-15(17)21(19(23)28)22(29-14(3)27)16-9-5-7-11-18(16)24(13(2)26)20(22)30-21/h4-11,20H,1-3H3/t20-,21+,22+/m0/s1. The summed E-state index contributed by atoms with van der Waals surface area (Å²) in [6, 6.07) is 13.7. The van der Waals surface area contributed by atoms with Crippen LogP contribution in [0.3, 0.4) is 0 Å². The van der Waals surface area contributed by atoms with Gasteiger partial charge in [0.15, 0.2) is 6.23 Å². The molecule has 1 saturated heterocycles. The zero-order valence-corrected chi connectivity index (χ0v) is 16.5. The molecule has 0 bridgehead atoms. The summed E-state index contributed by atoms with van der Waals surface area (Å²) in [5.41, 5.74) is -1.61. The van der Waals surface area contributed by atoms with Crippen LogP contribution in [0.1, 0.15) is 31.9 Å². The fraction of sp³-hybridized carbons (Fsp3) is 0.273. The van der Waals surface area contributed by atoms with E-state index in [0.29, 0.717) is 22.5 Å². The summed E-state index contributed by atoms with van der Waals surface area (Å²) in [5.74, 6) is -2.08. The van der Waals surface area contributed by atoms with Crippen LogP contribution in [0.5, 0.6) is 0 Å². The van der Waals surface area contributed by atoms with Gasteiger partial charge in [0.2, 0.25) is 23.0 Å². The first-order valence-corrected chi connectivity index (χ1v) is 9.48. The van der Waals surface area contributed by atoms with Crippen LogP contribution >= 0.6 is 0 Å². The molecule has 2 aromatic carbocycles. The molecule has 0 unspecified atom stereocenters. The third-order valence-corrected chi connectivity index (χ3v) is 5.94. The van der Waals surface area contributed by atoms with Crippen molar-refractivity contribution in [3.63, 3.8) is 0 Å². The summed E-state index contributed by atoms with van der Waals surface area (Å²) in [6.45, 7) is 3.90. The minimum Gasteiger partial charge on any atom is -0.445 e. The maximum Gasteiger partial charge on any atom is 0.303 e. The van der Waals surface area contributed by atoms with Crippen molar-refractivity contribution in [1.29, 1.82) is 0 Å². The van der Waals surface area contributed by atoms with Gasteiger partial charge in [-0.15, -0.1) is 0 Å². The molecule has 1 spiro atoms. The van der Waals surface area contributed by atoms with E-state index in [1.165, 1.54) is 25.7 Å². The largest absolute Gasteiger partial charge is 0.445 e. The molecule has 0 radical (unpaired) electrons. The molecule has 0 aromatic heterocycles. The lowest BCUT2D eigenvalue weighted by Crippen LogP contribution is -2.76. The number of imide groups is 1. The fourth-order valence-corrected chi connectivity index (χ4v) is 5.01. The SMILES string of the molecule is CC(=O)O[C@]12c3ccccc3N(C(C)=O)[C@H]1O[C@]21C(=O)N(C(C)=O)c2ccccc21. The lowest BCUT2D eigenvalue weighted by molar-refractivity contribution is -0.342. The first kappa shape index (κ1) is 18.5. The van der Waals surface area contributed by atoms with Crippen LogP contribution in [-0.2, 0) is 39.9 Å². The maximum absolute atomic E-state index is 13.7. The van der Waals surface area contributed by atoms with Gasteiger partial charge in [0.25, 0.3) is 5.91 Å². The molecule has 1 fully saturated rings. The monoisotopic (exact) mass is 406 g/mol. The van der Waals surface area contributed by atoms with E-state index in [4.69, 9.17) is 9.47 Å². The third-order valence-electron chi connectivity index (χ3n) is 5.94. The Morgan fingerprint density at radius 1 is 0.900 bits per heavy atom. The molecule has 152 valence electrons. The van der Waals surface area contributed by atoms with Gasteiger partial charge in [-0.05, 0) is 12.1 Å². The first-order valence-electron chi connectivity index (χ1n) is 9.48. The molecular formula is C22H18N2O6. The number of nitrogens with zero attached hydrogens (tertiary/aromatic N) is 2. The van der Waals surface area contributed by atoms with Crippen molar-refractivity contribution >= 4 is 35.1 Å². The lowest BCUT2D eigenvalue weighted by atomic mass is 9.69. The summed E-state index contributed by atoms with van der Waals surface area (Å²) in [5, 5.41) is 0. The highest BCUT2D eigenvalue weighted by Gasteiger charge is 2.84. The minimum atomic E-state index is -1.77. The van der Waals surface area contributed by atoms with Crippen LogP contribution in [0.4, 0.5) is 11.4 Å². The smallest absolute Gasteiger partial charge is 0.303 e. The average Bonchev–Trinajstić information content (AvgIpc) is 3.07. The number of ether oxygens (including phenoxy) is 2. The zero-order valence-electron chi connectivity index (χ0n) is 16.5. The van der Waals surface area contributed by atoms with Gasteiger partial charge in [-0.1, -0.05) is 36.4 Å². The molecule has 30 heavy (non-hydrogen) atoms. The van der Waals surface area contributed by atoms with Gasteiger partial charge in [-0.25, -0.2) is 4.90 Å². The quantitative estimate of drug-likeness (QED) is 0.672. The number of benzene rings is 2. The Bertz CT molecular complexity index is 1160. The number of rotatable bonds is 1. The first-order chi connectivity index (χ1) is 14.3. The Labute approximate surface area is 172 Å². The van der Waals surface area contributed by atoms with Crippen molar-refractivity contribution in [2.45, 2.75) is 38.2 Å². The highest BCUT2D eigenvalue weighted by Crippen LogP contribution is 2.68. The molecule has 3 aliphatic heterocycles. The van der Waals surface area contributed by atoms with E-state index in [1.807, 2.05) is 0 Å². The fourth-order valence-electron chi connectivity index (χ4n) is 5.01. The Hall–Kier alpha value is -3.52. The molecular weight excluding hydrogens is 388 g/mol. The summed E-state index contributed by atoms with van der Waals surface area (Å²) < 4.78 is 12.1. The maximum atomic E-state index is 13.7. The van der Waals surface area contributed by atoms with E-state index in [9.17, 15) is 19.2 Å². The number of hydrogen-bond donors (Lipinski definition) is 0. The van der Waals surface area contributed by atoms with Crippen LogP contribution in [0.15, 0.2) is 48.5 Å². The van der Waals surface area contributed by atoms with E-state index in [-0.39, 0.29) is 5.91 Å². The Morgan fingerprint density at radius 2 is 1.50 bits per heavy atom. The van der Waals surface area contributed by atoms with Gasteiger partial charge in [-0.2, -0.15) is 0 Å². The van der Waals surface area contributed by atoms with Crippen molar-refractivity contribution in [2.75, 3.05) is 9.80 Å². The summed E-state index contributed by atoms with van der Waals surface area (Å²) >= 11 is 0. The van der Waals surface area contributed by atoms with E-state index in [1.54, 1.807) is 48.5 Å². The van der Waals surface area contributed by atoms with E-state index in [0.717, 1.165) is 4.90 Å². The summed E-state index contributed by atoms with van der Waals surface area (Å²) in [6.07, 6.45) is -1.03. The van der Waals surface area contributed by atoms with Gasteiger partial charge in [0, 0.05) is 31.9 Å². The van der Waals surface area contributed by atoms with Crippen molar-refractivity contribution in [1.82, 2.24) is 0 Å². The summed E-state index contributed by atoms with van der Waals surface area (Å²) in [4.78, 5) is 53.2. The molecule has 8 heteroatoms. The van der Waals surface area contributed by atoms with Crippen LogP contribution in [0.25, 0.3) is 0 Å². The molecule has 0 aliphatic carbocycles. The Kier molecular flexibility index (Phi) is 3.55. The van der Waals surface area contributed by atoms with E-state index < -0.39 is 35.2 Å². The van der Waals surface area contributed by atoms with Crippen molar-refractivity contribution < 1.29 is 28.7 Å². The number of hydrogen-bond acceptors (Lipinski definition) is 6. The predicted molar refractivity (Wildman–Crippen MR) is 104 cm³/mol. The van der Waals surface area contributed by atoms with Crippen LogP contribution < -0.4 is 9.80 Å². The second-order valence-electron chi connectivity index (χ2n) is 7.56. The second kappa shape index (κ2) is 5.76. The predicted octanol–water partition coefficient (Wildman–Crippen LogP) is 1.96. The van der Waals surface area contributed by atoms with E-state index in [2.05, 4.69) is 0 Å². The number of amides is 3. The molecule has 3 amide bonds. The van der Waals surface area contributed by atoms with Crippen molar-refractivity contribution in [3.8, 4) is 0 Å². The second-order valence-corrected chi connectivity index (χ2v) is 7.56. The van der Waals surface area contributed by atoms with Crippen molar-refractivity contribution in [2.24, 2.45) is 0 Å². The highest BCUT2D eigenvalue weighted by molar-refractivity contribution is 6.23. The number of fused-ring (bicyclic) bond motifs is 6. The van der Waals surface area contributed by atoms with Gasteiger partial charge in [-0.3, -0.25) is 24.1 Å². The normalized spacial score (nSPS) is 28.0. The van der Waals surface area contributed by atoms with Crippen molar-refractivity contribution in [3.05, 3.63) is 59.7 Å². The molecule has 8 nitrogen and oxygen atoms in total. The van der Waals surface area contributed by atoms with Gasteiger partial charge >= 0.3 is 5.97 Å². The molecule has 5 rings (SSSR count). The van der Waals surface area contributed by atoms with Gasteiger partial charge < -0.3 is 9.47 Å². The Balaban J connectivity index is 1.84. The number of carbonyl (C=O) groups excluding carboxylic acids is 4. The molecule has 3 atom stereocenters. The zero-order chi connectivity index (χ0) is 21.4. The molecule has 0 N–H and O–H groups in total. The number of carbonyl (C=O) groups is 4. The number of anilines is 2. The van der Waals surface area contributed by atoms with Gasteiger partial charge in [0.05, 0.1) is 11.4 Å². The highest BCUT2D eigenvalue weighted by atomic mass is 16.7. The van der Waals surface area contributed by atoms with E-state index >= 15 is 0 Å². The average molecular weight is 406 g/mol.